The second-order valence-electron chi connectivity index (χ2n) is 16.0. The molecular weight excluding hydrogens is 753 g/mol. The molecule has 0 radical (unpaired) electrons. The van der Waals surface area contributed by atoms with E-state index in [9.17, 15) is 5.26 Å². The fraction of sp³-hybridized carbons (Fsp3) is 0.0517. The minimum absolute atomic E-state index is 0.430. The van der Waals surface area contributed by atoms with Gasteiger partial charge >= 0.3 is 0 Å². The summed E-state index contributed by atoms with van der Waals surface area (Å²) >= 11 is 0. The standard InChI is InChI=1S/C58H42N4/c1-37-17-24-42(25-18-37)57(60)62-58(43-26-19-38(2)20-27-43)61-36-39-21-28-41(29-22-39)44-9-7-10-45(34-44)55-33-40(35-59)23-30-51(55)47-12-4-3-11-46(47)50-31-32-54-49-14-6-5-13-48(49)52-15-8-16-53(50)56(52)54/h3-34H,36H2,1-2H3,(H2,60,61,62). The molecule has 10 rings (SSSR count). The topological polar surface area (TPSA) is 74.5 Å². The van der Waals surface area contributed by atoms with E-state index in [1.807, 2.05) is 48.5 Å². The number of aliphatic imine (C=N–C) groups is 2. The maximum Gasteiger partial charge on any atom is 0.157 e. The van der Waals surface area contributed by atoms with E-state index in [-0.39, 0.29) is 0 Å². The van der Waals surface area contributed by atoms with Crippen molar-refractivity contribution in [3.05, 3.63) is 228 Å². The molecule has 4 nitrogen and oxygen atoms in total. The van der Waals surface area contributed by atoms with Crippen LogP contribution in [0.1, 0.15) is 33.4 Å². The first-order chi connectivity index (χ1) is 30.4. The van der Waals surface area contributed by atoms with Crippen molar-refractivity contribution >= 4 is 22.4 Å². The van der Waals surface area contributed by atoms with E-state index < -0.39 is 0 Å². The third kappa shape index (κ3) is 7.17. The highest BCUT2D eigenvalue weighted by molar-refractivity contribution is 6.19. The Kier molecular flexibility index (Phi) is 9.92. The first-order valence-corrected chi connectivity index (χ1v) is 20.9. The van der Waals surface area contributed by atoms with Crippen LogP contribution in [0.5, 0.6) is 0 Å². The molecule has 0 saturated carbocycles. The molecule has 0 spiro atoms. The van der Waals surface area contributed by atoms with Crippen LogP contribution in [-0.4, -0.2) is 11.7 Å². The van der Waals surface area contributed by atoms with Gasteiger partial charge < -0.3 is 5.73 Å². The van der Waals surface area contributed by atoms with E-state index in [0.717, 1.165) is 55.6 Å². The van der Waals surface area contributed by atoms with E-state index in [0.29, 0.717) is 23.8 Å². The molecular formula is C58H42N4. The Morgan fingerprint density at radius 1 is 0.468 bits per heavy atom. The molecule has 1 aliphatic carbocycles. The summed E-state index contributed by atoms with van der Waals surface area (Å²) in [4.78, 5) is 9.79. The van der Waals surface area contributed by atoms with Crippen molar-refractivity contribution < 1.29 is 0 Å². The normalized spacial score (nSPS) is 12.0. The highest BCUT2D eigenvalue weighted by atomic mass is 15.0. The molecule has 0 bridgehead atoms. The van der Waals surface area contributed by atoms with Crippen molar-refractivity contribution in [2.45, 2.75) is 20.4 Å². The Labute approximate surface area is 362 Å². The van der Waals surface area contributed by atoms with Crippen molar-refractivity contribution in [1.82, 2.24) is 0 Å². The van der Waals surface area contributed by atoms with Crippen molar-refractivity contribution in [3.8, 4) is 72.8 Å². The van der Waals surface area contributed by atoms with Crippen LogP contribution < -0.4 is 5.73 Å². The fourth-order valence-electron chi connectivity index (χ4n) is 8.72. The van der Waals surface area contributed by atoms with Gasteiger partial charge in [0.2, 0.25) is 0 Å². The van der Waals surface area contributed by atoms with Gasteiger partial charge in [0.15, 0.2) is 5.84 Å². The second kappa shape index (κ2) is 16.1. The summed E-state index contributed by atoms with van der Waals surface area (Å²) in [6.45, 7) is 4.57. The molecule has 0 aromatic heterocycles. The molecule has 9 aromatic carbocycles. The van der Waals surface area contributed by atoms with Gasteiger partial charge in [-0.2, -0.15) is 5.26 Å². The number of rotatable bonds is 8. The van der Waals surface area contributed by atoms with E-state index in [2.05, 4.69) is 166 Å². The van der Waals surface area contributed by atoms with Crippen LogP contribution in [0.2, 0.25) is 0 Å². The van der Waals surface area contributed by atoms with E-state index >= 15 is 0 Å². The lowest BCUT2D eigenvalue weighted by Crippen LogP contribution is -2.16. The first kappa shape index (κ1) is 38.1. The van der Waals surface area contributed by atoms with Crippen LogP contribution in [-0.2, 0) is 6.54 Å². The van der Waals surface area contributed by atoms with Gasteiger partial charge in [-0.15, -0.1) is 0 Å². The number of amidine groups is 2. The van der Waals surface area contributed by atoms with Crippen LogP contribution in [0.4, 0.5) is 0 Å². The quantitative estimate of drug-likeness (QED) is 0.123. The van der Waals surface area contributed by atoms with Gasteiger partial charge in [-0.25, -0.2) is 4.99 Å². The van der Waals surface area contributed by atoms with E-state index in [4.69, 9.17) is 15.7 Å². The minimum Gasteiger partial charge on any atom is -0.383 e. The number of fused-ring (bicyclic) bond motifs is 3. The maximum absolute atomic E-state index is 10.1. The molecule has 62 heavy (non-hydrogen) atoms. The lowest BCUT2D eigenvalue weighted by atomic mass is 9.86. The highest BCUT2D eigenvalue weighted by Gasteiger charge is 2.23. The van der Waals surface area contributed by atoms with Gasteiger partial charge in [0.1, 0.15) is 5.84 Å². The summed E-state index contributed by atoms with van der Waals surface area (Å²) in [5, 5.41) is 12.6. The minimum atomic E-state index is 0.430. The molecule has 1 aliphatic rings. The third-order valence-corrected chi connectivity index (χ3v) is 12.0. The average molecular weight is 795 g/mol. The highest BCUT2D eigenvalue weighted by Crippen LogP contribution is 2.50. The Morgan fingerprint density at radius 2 is 1.00 bits per heavy atom. The number of aryl methyl sites for hydroxylation is 2. The summed E-state index contributed by atoms with van der Waals surface area (Å²) in [7, 11) is 0. The lowest BCUT2D eigenvalue weighted by molar-refractivity contribution is 1.06. The number of hydrogen-bond acceptors (Lipinski definition) is 2. The molecule has 0 atom stereocenters. The number of benzene rings is 9. The zero-order chi connectivity index (χ0) is 42.2. The zero-order valence-corrected chi connectivity index (χ0v) is 34.6. The molecule has 0 fully saturated rings. The summed E-state index contributed by atoms with van der Waals surface area (Å²) in [5.41, 5.74) is 26.2. The van der Waals surface area contributed by atoms with Crippen molar-refractivity contribution in [2.24, 2.45) is 15.7 Å². The Balaban J connectivity index is 0.982. The number of nitrogens with zero attached hydrogens (tertiary/aromatic N) is 3. The van der Waals surface area contributed by atoms with Crippen LogP contribution in [0, 0.1) is 25.2 Å². The summed E-state index contributed by atoms with van der Waals surface area (Å²) in [6, 6.07) is 70.4. The van der Waals surface area contributed by atoms with Crippen molar-refractivity contribution in [3.63, 3.8) is 0 Å². The Bertz CT molecular complexity index is 3240. The second-order valence-corrected chi connectivity index (χ2v) is 16.0. The predicted octanol–water partition coefficient (Wildman–Crippen LogP) is 14.0. The van der Waals surface area contributed by atoms with Crippen LogP contribution in [0.25, 0.3) is 77.5 Å². The van der Waals surface area contributed by atoms with E-state index in [1.54, 1.807) is 0 Å². The SMILES string of the molecule is Cc1ccc(C(N)=NC(=NCc2ccc(-c3cccc(-c4cc(C#N)ccc4-c4ccccc4-c4ccc5c6c(cccc46)-c4ccccc4-5)c3)cc2)c2ccc(C)cc2)cc1. The van der Waals surface area contributed by atoms with Crippen LogP contribution in [0.3, 0.4) is 0 Å². The number of nitriles is 1. The summed E-state index contributed by atoms with van der Waals surface area (Å²) in [5.74, 6) is 1.02. The molecule has 0 heterocycles. The van der Waals surface area contributed by atoms with Crippen LogP contribution in [0.15, 0.2) is 204 Å². The number of nitrogens with two attached hydrogens (primary N) is 1. The monoisotopic (exact) mass is 794 g/mol. The zero-order valence-electron chi connectivity index (χ0n) is 34.6. The van der Waals surface area contributed by atoms with Gasteiger partial charge in [-0.1, -0.05) is 187 Å². The molecule has 0 saturated heterocycles. The molecule has 2 N–H and O–H groups in total. The maximum atomic E-state index is 10.1. The third-order valence-electron chi connectivity index (χ3n) is 12.0. The van der Waals surface area contributed by atoms with Crippen LogP contribution >= 0.6 is 0 Å². The molecule has 0 aliphatic heterocycles. The fourth-order valence-corrected chi connectivity index (χ4v) is 8.72. The predicted molar refractivity (Wildman–Crippen MR) is 258 cm³/mol. The first-order valence-electron chi connectivity index (χ1n) is 20.9. The molecule has 294 valence electrons. The number of hydrogen-bond donors (Lipinski definition) is 1. The molecule has 0 amide bonds. The lowest BCUT2D eigenvalue weighted by Gasteiger charge is -2.17. The largest absolute Gasteiger partial charge is 0.383 e. The summed E-state index contributed by atoms with van der Waals surface area (Å²) < 4.78 is 0. The van der Waals surface area contributed by atoms with Gasteiger partial charge in [0.05, 0.1) is 18.2 Å². The Hall–Kier alpha value is -8.13. The van der Waals surface area contributed by atoms with Gasteiger partial charge in [-0.05, 0) is 115 Å². The molecule has 0 unspecified atom stereocenters. The molecule has 9 aromatic rings. The Morgan fingerprint density at radius 3 is 1.68 bits per heavy atom. The van der Waals surface area contributed by atoms with E-state index in [1.165, 1.54) is 49.7 Å². The van der Waals surface area contributed by atoms with Gasteiger partial charge in [0.25, 0.3) is 0 Å². The summed E-state index contributed by atoms with van der Waals surface area (Å²) in [6.07, 6.45) is 0. The average Bonchev–Trinajstić information content (AvgIpc) is 3.65. The smallest absolute Gasteiger partial charge is 0.157 e. The molecule has 4 heteroatoms. The van der Waals surface area contributed by atoms with Crippen molar-refractivity contribution in [1.29, 1.82) is 5.26 Å². The van der Waals surface area contributed by atoms with Gasteiger partial charge in [0, 0.05) is 11.1 Å². The van der Waals surface area contributed by atoms with Gasteiger partial charge in [-0.3, -0.25) is 4.99 Å². The van der Waals surface area contributed by atoms with Crippen molar-refractivity contribution in [2.75, 3.05) is 0 Å².